The molecule has 0 fully saturated rings. The molecule has 3 heteroatoms. The zero-order valence-electron chi connectivity index (χ0n) is 12.3. The van der Waals surface area contributed by atoms with Crippen LogP contribution in [0.1, 0.15) is 23.2 Å². The van der Waals surface area contributed by atoms with E-state index in [1.165, 1.54) is 23.2 Å². The third kappa shape index (κ3) is 2.35. The maximum absolute atomic E-state index is 4.78. The van der Waals surface area contributed by atoms with Crippen molar-refractivity contribution in [3.05, 3.63) is 71.5 Å². The zero-order chi connectivity index (χ0) is 14.8. The van der Waals surface area contributed by atoms with Crippen molar-refractivity contribution in [3.8, 4) is 11.4 Å². The van der Waals surface area contributed by atoms with E-state index in [4.69, 9.17) is 5.10 Å². The minimum absolute atomic E-state index is 0.942. The number of rotatable bonds is 3. The summed E-state index contributed by atoms with van der Waals surface area (Å²) < 4.78 is 2.13. The monoisotopic (exact) mass is 287 g/mol. The summed E-state index contributed by atoms with van der Waals surface area (Å²) in [5.74, 6) is 0. The van der Waals surface area contributed by atoms with Gasteiger partial charge in [-0.3, -0.25) is 9.67 Å². The van der Waals surface area contributed by atoms with E-state index in [1.807, 2.05) is 30.5 Å². The van der Waals surface area contributed by atoms with Crippen molar-refractivity contribution in [1.82, 2.24) is 14.8 Å². The minimum Gasteiger partial charge on any atom is -0.268 e. The molecular weight excluding hydrogens is 270 g/mol. The summed E-state index contributed by atoms with van der Waals surface area (Å²) in [6.07, 6.45) is 8.43. The van der Waals surface area contributed by atoms with E-state index < -0.39 is 0 Å². The normalized spacial score (nSPS) is 13.6. The first kappa shape index (κ1) is 13.0. The lowest BCUT2D eigenvalue weighted by molar-refractivity contribution is 0.658. The molecule has 0 amide bonds. The average molecular weight is 287 g/mol. The molecule has 0 unspecified atom stereocenters. The predicted octanol–water partition coefficient (Wildman–Crippen LogP) is 4.06. The molecule has 4 rings (SSSR count). The fourth-order valence-electron chi connectivity index (χ4n) is 2.97. The Morgan fingerprint density at radius 3 is 2.64 bits per heavy atom. The SMILES string of the molecule is C(=Cc1c(-c2ccccn2)nn2c1CCC2)c1ccccc1. The molecule has 0 radical (unpaired) electrons. The molecule has 22 heavy (non-hydrogen) atoms. The second kappa shape index (κ2) is 5.60. The van der Waals surface area contributed by atoms with Gasteiger partial charge in [-0.15, -0.1) is 0 Å². The van der Waals surface area contributed by atoms with Crippen LogP contribution in [0.15, 0.2) is 54.7 Å². The van der Waals surface area contributed by atoms with Gasteiger partial charge >= 0.3 is 0 Å². The van der Waals surface area contributed by atoms with Gasteiger partial charge in [-0.25, -0.2) is 0 Å². The van der Waals surface area contributed by atoms with Gasteiger partial charge in [0, 0.05) is 24.0 Å². The van der Waals surface area contributed by atoms with E-state index >= 15 is 0 Å². The highest BCUT2D eigenvalue weighted by atomic mass is 15.3. The Hall–Kier alpha value is -2.68. The minimum atomic E-state index is 0.942. The van der Waals surface area contributed by atoms with Gasteiger partial charge in [0.05, 0.1) is 5.69 Å². The van der Waals surface area contributed by atoms with Crippen LogP contribution < -0.4 is 0 Å². The van der Waals surface area contributed by atoms with Crippen LogP contribution in [-0.2, 0) is 13.0 Å². The van der Waals surface area contributed by atoms with E-state index in [2.05, 4.69) is 46.1 Å². The molecule has 3 heterocycles. The van der Waals surface area contributed by atoms with Crippen LogP contribution in [0.25, 0.3) is 23.5 Å². The molecule has 0 bridgehead atoms. The van der Waals surface area contributed by atoms with Crippen LogP contribution >= 0.6 is 0 Å². The second-order valence-corrected chi connectivity index (χ2v) is 5.49. The fourth-order valence-corrected chi connectivity index (χ4v) is 2.97. The van der Waals surface area contributed by atoms with Crippen molar-refractivity contribution < 1.29 is 0 Å². The summed E-state index contributed by atoms with van der Waals surface area (Å²) in [4.78, 5) is 4.47. The lowest BCUT2D eigenvalue weighted by atomic mass is 10.1. The summed E-state index contributed by atoms with van der Waals surface area (Å²) in [6.45, 7) is 1.01. The van der Waals surface area contributed by atoms with Crippen molar-refractivity contribution in [2.75, 3.05) is 0 Å². The summed E-state index contributed by atoms with van der Waals surface area (Å²) in [6, 6.07) is 16.3. The lowest BCUT2D eigenvalue weighted by Crippen LogP contribution is -1.94. The number of aromatic nitrogens is 3. The molecule has 0 atom stereocenters. The Kier molecular flexibility index (Phi) is 3.31. The Balaban J connectivity index is 1.79. The summed E-state index contributed by atoms with van der Waals surface area (Å²) in [5, 5.41) is 4.78. The molecule has 1 aliphatic rings. The smallest absolute Gasteiger partial charge is 0.118 e. The summed E-state index contributed by atoms with van der Waals surface area (Å²) in [7, 11) is 0. The van der Waals surface area contributed by atoms with Gasteiger partial charge in [-0.05, 0) is 30.5 Å². The molecule has 108 valence electrons. The van der Waals surface area contributed by atoms with Gasteiger partial charge in [-0.2, -0.15) is 5.10 Å². The molecular formula is C19H17N3. The second-order valence-electron chi connectivity index (χ2n) is 5.49. The van der Waals surface area contributed by atoms with Crippen molar-refractivity contribution in [1.29, 1.82) is 0 Å². The molecule has 3 aromatic rings. The lowest BCUT2D eigenvalue weighted by Gasteiger charge is -2.00. The maximum atomic E-state index is 4.78. The standard InChI is InChI=1S/C19H17N3/c1-2-7-15(8-3-1)11-12-16-18-10-6-14-22(18)21-19(16)17-9-4-5-13-20-17/h1-5,7-9,11-13H,6,10,14H2. The molecule has 1 aliphatic heterocycles. The van der Waals surface area contributed by atoms with E-state index in [-0.39, 0.29) is 0 Å². The van der Waals surface area contributed by atoms with Crippen molar-refractivity contribution in [2.24, 2.45) is 0 Å². The van der Waals surface area contributed by atoms with Crippen molar-refractivity contribution in [3.63, 3.8) is 0 Å². The number of nitrogens with zero attached hydrogens (tertiary/aromatic N) is 3. The van der Waals surface area contributed by atoms with Gasteiger partial charge in [0.1, 0.15) is 5.69 Å². The van der Waals surface area contributed by atoms with Crippen molar-refractivity contribution in [2.45, 2.75) is 19.4 Å². The summed E-state index contributed by atoms with van der Waals surface area (Å²) in [5.41, 5.74) is 5.67. The van der Waals surface area contributed by atoms with E-state index in [1.54, 1.807) is 0 Å². The molecule has 1 aromatic carbocycles. The Bertz CT molecular complexity index is 801. The molecule has 0 saturated heterocycles. The molecule has 0 spiro atoms. The number of pyridine rings is 1. The largest absolute Gasteiger partial charge is 0.268 e. The topological polar surface area (TPSA) is 30.7 Å². The highest BCUT2D eigenvalue weighted by molar-refractivity contribution is 5.79. The number of hydrogen-bond donors (Lipinski definition) is 0. The first-order chi connectivity index (χ1) is 10.9. The van der Waals surface area contributed by atoms with E-state index in [9.17, 15) is 0 Å². The number of fused-ring (bicyclic) bond motifs is 1. The predicted molar refractivity (Wildman–Crippen MR) is 89.1 cm³/mol. The molecule has 0 saturated carbocycles. The molecule has 0 aliphatic carbocycles. The highest BCUT2D eigenvalue weighted by Gasteiger charge is 2.21. The average Bonchev–Trinajstić information content (AvgIpc) is 3.16. The van der Waals surface area contributed by atoms with Crippen molar-refractivity contribution >= 4 is 12.2 Å². The Morgan fingerprint density at radius 2 is 1.82 bits per heavy atom. The number of aryl methyl sites for hydroxylation is 1. The first-order valence-corrected chi connectivity index (χ1v) is 7.66. The van der Waals surface area contributed by atoms with Crippen LogP contribution in [0, 0.1) is 0 Å². The van der Waals surface area contributed by atoms with E-state index in [0.29, 0.717) is 0 Å². The zero-order valence-corrected chi connectivity index (χ0v) is 12.3. The van der Waals surface area contributed by atoms with Crippen LogP contribution in [0.2, 0.25) is 0 Å². The first-order valence-electron chi connectivity index (χ1n) is 7.66. The number of benzene rings is 1. The third-order valence-electron chi connectivity index (χ3n) is 4.03. The highest BCUT2D eigenvalue weighted by Crippen LogP contribution is 2.30. The van der Waals surface area contributed by atoms with Gasteiger partial charge in [0.15, 0.2) is 0 Å². The quantitative estimate of drug-likeness (QED) is 0.727. The molecule has 2 aromatic heterocycles. The van der Waals surface area contributed by atoms with Crippen LogP contribution in [0.5, 0.6) is 0 Å². The maximum Gasteiger partial charge on any atom is 0.118 e. The Morgan fingerprint density at radius 1 is 0.955 bits per heavy atom. The Labute approximate surface area is 130 Å². The van der Waals surface area contributed by atoms with Crippen LogP contribution in [0.4, 0.5) is 0 Å². The fraction of sp³-hybridized carbons (Fsp3) is 0.158. The third-order valence-corrected chi connectivity index (χ3v) is 4.03. The van der Waals surface area contributed by atoms with Crippen LogP contribution in [-0.4, -0.2) is 14.8 Å². The molecule has 0 N–H and O–H groups in total. The van der Waals surface area contributed by atoms with Crippen LogP contribution in [0.3, 0.4) is 0 Å². The van der Waals surface area contributed by atoms with Gasteiger partial charge in [-0.1, -0.05) is 48.6 Å². The van der Waals surface area contributed by atoms with Gasteiger partial charge in [0.25, 0.3) is 0 Å². The van der Waals surface area contributed by atoms with Gasteiger partial charge in [0.2, 0.25) is 0 Å². The number of hydrogen-bond acceptors (Lipinski definition) is 2. The summed E-state index contributed by atoms with van der Waals surface area (Å²) >= 11 is 0. The van der Waals surface area contributed by atoms with E-state index in [0.717, 1.165) is 24.4 Å². The molecule has 3 nitrogen and oxygen atoms in total. The van der Waals surface area contributed by atoms with Gasteiger partial charge < -0.3 is 0 Å².